The molecule has 0 saturated carbocycles. The van der Waals surface area contributed by atoms with E-state index in [1.807, 2.05) is 0 Å². The Morgan fingerprint density at radius 3 is 2.60 bits per heavy atom. The molecule has 0 saturated heterocycles. The van der Waals surface area contributed by atoms with E-state index in [1.54, 1.807) is 6.08 Å². The lowest BCUT2D eigenvalue weighted by molar-refractivity contribution is -0.127. The summed E-state index contributed by atoms with van der Waals surface area (Å²) in [7, 11) is 0. The number of nitrogens with one attached hydrogen (secondary N) is 1. The molecule has 0 spiro atoms. The topological polar surface area (TPSA) is 12.0 Å². The SMILES string of the molecule is FC(F)(F)CC1=CCNC1. The first-order valence-electron chi connectivity index (χ1n) is 3.03. The van der Waals surface area contributed by atoms with E-state index in [9.17, 15) is 13.2 Å². The Balaban J connectivity index is 2.38. The van der Waals surface area contributed by atoms with Crippen LogP contribution in [0, 0.1) is 0 Å². The third-order valence-electron chi connectivity index (χ3n) is 1.31. The van der Waals surface area contributed by atoms with Gasteiger partial charge in [0.05, 0.1) is 6.42 Å². The maximum Gasteiger partial charge on any atom is 0.392 e. The summed E-state index contributed by atoms with van der Waals surface area (Å²) in [6.45, 7) is 0.963. The fraction of sp³-hybridized carbons (Fsp3) is 0.667. The third-order valence-corrected chi connectivity index (χ3v) is 1.31. The molecule has 1 aliphatic rings. The molecule has 0 aromatic rings. The maximum atomic E-state index is 11.6. The van der Waals surface area contributed by atoms with E-state index in [2.05, 4.69) is 5.32 Å². The van der Waals surface area contributed by atoms with Gasteiger partial charge in [0.1, 0.15) is 0 Å². The highest BCUT2D eigenvalue weighted by Gasteiger charge is 2.29. The summed E-state index contributed by atoms with van der Waals surface area (Å²) in [6.07, 6.45) is -3.22. The van der Waals surface area contributed by atoms with Gasteiger partial charge in [-0.05, 0) is 0 Å². The Bertz CT molecular complexity index is 148. The molecule has 1 rings (SSSR count). The molecular formula is C6H8F3N. The number of alkyl halides is 3. The van der Waals surface area contributed by atoms with Gasteiger partial charge in [-0.3, -0.25) is 0 Å². The third kappa shape index (κ3) is 2.39. The largest absolute Gasteiger partial charge is 0.392 e. The Morgan fingerprint density at radius 2 is 2.20 bits per heavy atom. The summed E-state index contributed by atoms with van der Waals surface area (Å²) in [5, 5.41) is 2.80. The van der Waals surface area contributed by atoms with Crippen LogP contribution in [0.1, 0.15) is 6.42 Å². The first-order chi connectivity index (χ1) is 4.58. The summed E-state index contributed by atoms with van der Waals surface area (Å²) in [5.41, 5.74) is 0.451. The van der Waals surface area contributed by atoms with Crippen LogP contribution in [-0.4, -0.2) is 19.3 Å². The zero-order valence-electron chi connectivity index (χ0n) is 5.33. The highest BCUT2D eigenvalue weighted by atomic mass is 19.4. The van der Waals surface area contributed by atoms with Crippen LogP contribution in [0.4, 0.5) is 13.2 Å². The molecule has 0 amide bonds. The Labute approximate surface area is 56.9 Å². The lowest BCUT2D eigenvalue weighted by atomic mass is 10.2. The van der Waals surface area contributed by atoms with Gasteiger partial charge in [-0.25, -0.2) is 0 Å². The minimum absolute atomic E-state index is 0.388. The molecule has 58 valence electrons. The quantitative estimate of drug-likeness (QED) is 0.559. The van der Waals surface area contributed by atoms with Crippen molar-refractivity contribution in [2.75, 3.05) is 13.1 Å². The Morgan fingerprint density at radius 1 is 1.50 bits per heavy atom. The second-order valence-corrected chi connectivity index (χ2v) is 2.29. The van der Waals surface area contributed by atoms with Crippen LogP contribution in [0.25, 0.3) is 0 Å². The van der Waals surface area contributed by atoms with Crippen molar-refractivity contribution < 1.29 is 13.2 Å². The predicted octanol–water partition coefficient (Wildman–Crippen LogP) is 1.47. The lowest BCUT2D eigenvalue weighted by Gasteiger charge is -2.05. The van der Waals surface area contributed by atoms with Gasteiger partial charge in [-0.1, -0.05) is 11.6 Å². The van der Waals surface area contributed by atoms with Crippen LogP contribution in [-0.2, 0) is 0 Å². The molecule has 0 bridgehead atoms. The molecule has 1 N–H and O–H groups in total. The second-order valence-electron chi connectivity index (χ2n) is 2.29. The van der Waals surface area contributed by atoms with Crippen LogP contribution in [0.15, 0.2) is 11.6 Å². The number of hydrogen-bond acceptors (Lipinski definition) is 1. The average molecular weight is 151 g/mol. The van der Waals surface area contributed by atoms with Crippen LogP contribution in [0.3, 0.4) is 0 Å². The van der Waals surface area contributed by atoms with Crippen molar-refractivity contribution in [3.05, 3.63) is 11.6 Å². The van der Waals surface area contributed by atoms with Crippen molar-refractivity contribution >= 4 is 0 Å². The van der Waals surface area contributed by atoms with Crippen LogP contribution in [0.5, 0.6) is 0 Å². The van der Waals surface area contributed by atoms with Gasteiger partial charge in [0.15, 0.2) is 0 Å². The fourth-order valence-electron chi connectivity index (χ4n) is 0.914. The molecule has 4 heteroatoms. The second kappa shape index (κ2) is 2.62. The zero-order chi connectivity index (χ0) is 7.61. The van der Waals surface area contributed by atoms with Crippen molar-refractivity contribution in [1.82, 2.24) is 5.32 Å². The van der Waals surface area contributed by atoms with Gasteiger partial charge in [-0.15, -0.1) is 0 Å². The van der Waals surface area contributed by atoms with E-state index in [1.165, 1.54) is 0 Å². The van der Waals surface area contributed by atoms with Gasteiger partial charge >= 0.3 is 6.18 Å². The highest BCUT2D eigenvalue weighted by Crippen LogP contribution is 2.24. The highest BCUT2D eigenvalue weighted by molar-refractivity contribution is 5.11. The van der Waals surface area contributed by atoms with Gasteiger partial charge in [0.25, 0.3) is 0 Å². The summed E-state index contributed by atoms with van der Waals surface area (Å²) < 4.78 is 34.9. The van der Waals surface area contributed by atoms with E-state index < -0.39 is 12.6 Å². The molecule has 0 aliphatic carbocycles. The summed E-state index contributed by atoms with van der Waals surface area (Å²) in [4.78, 5) is 0. The summed E-state index contributed by atoms with van der Waals surface area (Å²) in [5.74, 6) is 0. The first kappa shape index (κ1) is 7.60. The molecule has 0 aromatic carbocycles. The number of halogens is 3. The molecule has 0 radical (unpaired) electrons. The van der Waals surface area contributed by atoms with Crippen LogP contribution in [0.2, 0.25) is 0 Å². The predicted molar refractivity (Wildman–Crippen MR) is 31.6 cm³/mol. The van der Waals surface area contributed by atoms with E-state index in [0.29, 0.717) is 18.7 Å². The van der Waals surface area contributed by atoms with Crippen molar-refractivity contribution in [1.29, 1.82) is 0 Å². The smallest absolute Gasteiger partial charge is 0.310 e. The van der Waals surface area contributed by atoms with Crippen LogP contribution >= 0.6 is 0 Å². The molecule has 1 heterocycles. The van der Waals surface area contributed by atoms with Gasteiger partial charge in [-0.2, -0.15) is 13.2 Å². The first-order valence-corrected chi connectivity index (χ1v) is 3.03. The number of rotatable bonds is 1. The standard InChI is InChI=1S/C6H8F3N/c7-6(8,9)3-5-1-2-10-4-5/h1,10H,2-4H2. The monoisotopic (exact) mass is 151 g/mol. The van der Waals surface area contributed by atoms with E-state index in [-0.39, 0.29) is 0 Å². The number of hydrogen-bond donors (Lipinski definition) is 1. The van der Waals surface area contributed by atoms with E-state index in [0.717, 1.165) is 0 Å². The molecule has 0 fully saturated rings. The fourth-order valence-corrected chi connectivity index (χ4v) is 0.914. The van der Waals surface area contributed by atoms with Crippen molar-refractivity contribution in [3.8, 4) is 0 Å². The van der Waals surface area contributed by atoms with Crippen molar-refractivity contribution in [3.63, 3.8) is 0 Å². The Kier molecular flexibility index (Phi) is 1.99. The maximum absolute atomic E-state index is 11.6. The summed E-state index contributed by atoms with van der Waals surface area (Å²) in [6, 6.07) is 0. The molecule has 1 nitrogen and oxygen atoms in total. The van der Waals surface area contributed by atoms with Crippen LogP contribution < -0.4 is 5.32 Å². The molecule has 0 unspecified atom stereocenters. The normalized spacial score (nSPS) is 19.3. The van der Waals surface area contributed by atoms with Gasteiger partial charge in [0.2, 0.25) is 0 Å². The minimum Gasteiger partial charge on any atom is -0.310 e. The molecular weight excluding hydrogens is 143 g/mol. The van der Waals surface area contributed by atoms with Gasteiger partial charge < -0.3 is 5.32 Å². The van der Waals surface area contributed by atoms with E-state index in [4.69, 9.17) is 0 Å². The van der Waals surface area contributed by atoms with Crippen molar-refractivity contribution in [2.24, 2.45) is 0 Å². The summed E-state index contributed by atoms with van der Waals surface area (Å²) >= 11 is 0. The molecule has 1 aliphatic heterocycles. The molecule has 10 heavy (non-hydrogen) atoms. The van der Waals surface area contributed by atoms with Gasteiger partial charge in [0, 0.05) is 13.1 Å². The lowest BCUT2D eigenvalue weighted by Crippen LogP contribution is -2.13. The minimum atomic E-state index is -4.04. The molecule has 0 aromatic heterocycles. The van der Waals surface area contributed by atoms with E-state index >= 15 is 0 Å². The Hall–Kier alpha value is -0.510. The zero-order valence-corrected chi connectivity index (χ0v) is 5.33. The molecule has 0 atom stereocenters. The average Bonchev–Trinajstić information content (AvgIpc) is 2.12. The van der Waals surface area contributed by atoms with Crippen molar-refractivity contribution in [2.45, 2.75) is 12.6 Å².